The summed E-state index contributed by atoms with van der Waals surface area (Å²) in [5.74, 6) is -0.315. The number of aliphatic hydroxyl groups excluding tert-OH is 1. The Labute approximate surface area is 137 Å². The molecule has 3 aromatic rings. The molecule has 5 nitrogen and oxygen atoms in total. The molecule has 0 aliphatic carbocycles. The van der Waals surface area contributed by atoms with Crippen LogP contribution in [0.3, 0.4) is 0 Å². The predicted octanol–water partition coefficient (Wildman–Crippen LogP) is 3.37. The zero-order chi connectivity index (χ0) is 16.6. The third-order valence-corrected chi connectivity index (χ3v) is 4.39. The second kappa shape index (κ2) is 5.90. The Morgan fingerprint density at radius 2 is 2.00 bits per heavy atom. The van der Waals surface area contributed by atoms with Gasteiger partial charge in [-0.25, -0.2) is 13.9 Å². The highest BCUT2D eigenvalue weighted by atomic mass is 32.1. The molecule has 0 radical (unpaired) electrons. The lowest BCUT2D eigenvalue weighted by molar-refractivity contribution is 0.191. The first-order chi connectivity index (χ1) is 10.8. The number of imidazole rings is 1. The predicted molar refractivity (Wildman–Crippen MR) is 89.4 cm³/mol. The first kappa shape index (κ1) is 15.9. The summed E-state index contributed by atoms with van der Waals surface area (Å²) in [6.07, 6.45) is 1.20. The van der Waals surface area contributed by atoms with Crippen molar-refractivity contribution in [3.8, 4) is 0 Å². The van der Waals surface area contributed by atoms with Gasteiger partial charge in [-0.1, -0.05) is 44.2 Å². The van der Waals surface area contributed by atoms with E-state index in [9.17, 15) is 9.50 Å². The highest BCUT2D eigenvalue weighted by Crippen LogP contribution is 2.26. The third-order valence-electron chi connectivity index (χ3n) is 3.51. The van der Waals surface area contributed by atoms with Gasteiger partial charge >= 0.3 is 0 Å². The van der Waals surface area contributed by atoms with Gasteiger partial charge in [0.05, 0.1) is 18.0 Å². The highest BCUT2D eigenvalue weighted by Gasteiger charge is 2.19. The lowest BCUT2D eigenvalue weighted by Gasteiger charge is -2.13. The summed E-state index contributed by atoms with van der Waals surface area (Å²) in [7, 11) is 0. The number of nitrogens with zero attached hydrogens (tertiary/aromatic N) is 3. The van der Waals surface area contributed by atoms with E-state index in [1.54, 1.807) is 16.6 Å². The van der Waals surface area contributed by atoms with Crippen molar-refractivity contribution in [2.45, 2.75) is 32.3 Å². The SMILES string of the molecule is CC(C)(C)c1cn2nc(NC[C@@H](O)c3ccc(F)cc3)sc2n1. The molecule has 0 saturated heterocycles. The second-order valence-electron chi connectivity index (χ2n) is 6.46. The minimum absolute atomic E-state index is 0.0141. The summed E-state index contributed by atoms with van der Waals surface area (Å²) in [6.45, 7) is 6.63. The molecule has 1 atom stereocenters. The van der Waals surface area contributed by atoms with Crippen LogP contribution in [0.2, 0.25) is 0 Å². The molecule has 122 valence electrons. The Balaban J connectivity index is 1.67. The fourth-order valence-electron chi connectivity index (χ4n) is 2.12. The zero-order valence-corrected chi connectivity index (χ0v) is 14.1. The first-order valence-electron chi connectivity index (χ1n) is 7.37. The number of nitrogens with one attached hydrogen (secondary N) is 1. The second-order valence-corrected chi connectivity index (χ2v) is 7.41. The van der Waals surface area contributed by atoms with E-state index in [4.69, 9.17) is 0 Å². The molecule has 7 heteroatoms. The van der Waals surface area contributed by atoms with E-state index >= 15 is 0 Å². The smallest absolute Gasteiger partial charge is 0.214 e. The highest BCUT2D eigenvalue weighted by molar-refractivity contribution is 7.20. The van der Waals surface area contributed by atoms with Crippen LogP contribution in [0.5, 0.6) is 0 Å². The van der Waals surface area contributed by atoms with Crippen molar-refractivity contribution < 1.29 is 9.50 Å². The van der Waals surface area contributed by atoms with Crippen LogP contribution in [-0.4, -0.2) is 26.2 Å². The molecule has 3 rings (SSSR count). The molecular formula is C16H19FN4OS. The summed E-state index contributed by atoms with van der Waals surface area (Å²) in [6, 6.07) is 5.83. The van der Waals surface area contributed by atoms with Gasteiger partial charge in [-0.3, -0.25) is 0 Å². The van der Waals surface area contributed by atoms with E-state index in [-0.39, 0.29) is 11.2 Å². The number of aromatic nitrogens is 3. The topological polar surface area (TPSA) is 62.5 Å². The summed E-state index contributed by atoms with van der Waals surface area (Å²) in [5.41, 5.74) is 1.64. The minimum atomic E-state index is -0.725. The van der Waals surface area contributed by atoms with Crippen molar-refractivity contribution in [1.29, 1.82) is 0 Å². The van der Waals surface area contributed by atoms with Gasteiger partial charge in [0.1, 0.15) is 5.82 Å². The number of fused-ring (bicyclic) bond motifs is 1. The fraction of sp³-hybridized carbons (Fsp3) is 0.375. The van der Waals surface area contributed by atoms with Gasteiger partial charge in [0, 0.05) is 12.0 Å². The van der Waals surface area contributed by atoms with Gasteiger partial charge in [-0.15, -0.1) is 5.10 Å². The lowest BCUT2D eigenvalue weighted by Crippen LogP contribution is -2.12. The standard InChI is InChI=1S/C16H19FN4OS/c1-16(2,3)13-9-21-15(19-13)23-14(20-21)18-8-12(22)10-4-6-11(17)7-5-10/h4-7,9,12,22H,8H2,1-3H3,(H,18,20)/t12-/m1/s1. The van der Waals surface area contributed by atoms with E-state index in [2.05, 4.69) is 36.2 Å². The van der Waals surface area contributed by atoms with Crippen LogP contribution in [0.4, 0.5) is 9.52 Å². The van der Waals surface area contributed by atoms with Gasteiger partial charge in [-0.05, 0) is 17.7 Å². The molecule has 0 spiro atoms. The summed E-state index contributed by atoms with van der Waals surface area (Å²) in [4.78, 5) is 5.39. The van der Waals surface area contributed by atoms with Gasteiger partial charge in [0.2, 0.25) is 10.1 Å². The number of benzene rings is 1. The Morgan fingerprint density at radius 3 is 2.61 bits per heavy atom. The average Bonchev–Trinajstić information content (AvgIpc) is 3.03. The lowest BCUT2D eigenvalue weighted by atomic mass is 9.93. The van der Waals surface area contributed by atoms with E-state index in [1.165, 1.54) is 23.5 Å². The van der Waals surface area contributed by atoms with Crippen molar-refractivity contribution in [3.05, 3.63) is 47.5 Å². The quantitative estimate of drug-likeness (QED) is 0.768. The molecule has 0 amide bonds. The number of hydrogen-bond donors (Lipinski definition) is 2. The zero-order valence-electron chi connectivity index (χ0n) is 13.2. The Hall–Kier alpha value is -1.99. The van der Waals surface area contributed by atoms with Crippen LogP contribution in [0.25, 0.3) is 4.96 Å². The van der Waals surface area contributed by atoms with Crippen LogP contribution >= 0.6 is 11.3 Å². The third kappa shape index (κ3) is 3.51. The summed E-state index contributed by atoms with van der Waals surface area (Å²) >= 11 is 1.43. The normalized spacial score (nSPS) is 13.4. The number of aliphatic hydroxyl groups is 1. The van der Waals surface area contributed by atoms with Crippen molar-refractivity contribution in [2.24, 2.45) is 0 Å². The van der Waals surface area contributed by atoms with Gasteiger partial charge < -0.3 is 10.4 Å². The average molecular weight is 334 g/mol. The van der Waals surface area contributed by atoms with E-state index in [1.807, 2.05) is 6.20 Å². The van der Waals surface area contributed by atoms with Crippen molar-refractivity contribution in [2.75, 3.05) is 11.9 Å². The summed E-state index contributed by atoms with van der Waals surface area (Å²) < 4.78 is 14.6. The minimum Gasteiger partial charge on any atom is -0.387 e. The molecule has 0 fully saturated rings. The van der Waals surface area contributed by atoms with Gasteiger partial charge in [-0.2, -0.15) is 0 Å². The molecule has 0 aliphatic heterocycles. The maximum Gasteiger partial charge on any atom is 0.214 e. The van der Waals surface area contributed by atoms with Crippen molar-refractivity contribution >= 4 is 21.4 Å². The number of hydrogen-bond acceptors (Lipinski definition) is 5. The van der Waals surface area contributed by atoms with Crippen LogP contribution in [0, 0.1) is 5.82 Å². The Kier molecular flexibility index (Phi) is 4.08. The molecule has 2 N–H and O–H groups in total. The van der Waals surface area contributed by atoms with E-state index in [0.717, 1.165) is 10.7 Å². The van der Waals surface area contributed by atoms with Crippen LogP contribution < -0.4 is 5.32 Å². The van der Waals surface area contributed by atoms with Crippen LogP contribution in [0.1, 0.15) is 38.1 Å². The van der Waals surface area contributed by atoms with Crippen LogP contribution in [0.15, 0.2) is 30.5 Å². The van der Waals surface area contributed by atoms with Gasteiger partial charge in [0.25, 0.3) is 0 Å². The molecule has 0 bridgehead atoms. The first-order valence-corrected chi connectivity index (χ1v) is 8.19. The molecule has 0 unspecified atom stereocenters. The van der Waals surface area contributed by atoms with E-state index in [0.29, 0.717) is 17.2 Å². The van der Waals surface area contributed by atoms with Gasteiger partial charge in [0.15, 0.2) is 0 Å². The molecular weight excluding hydrogens is 315 g/mol. The molecule has 1 aromatic carbocycles. The van der Waals surface area contributed by atoms with Crippen molar-refractivity contribution in [3.63, 3.8) is 0 Å². The molecule has 23 heavy (non-hydrogen) atoms. The molecule has 2 aromatic heterocycles. The number of rotatable bonds is 4. The van der Waals surface area contributed by atoms with E-state index < -0.39 is 6.10 Å². The number of anilines is 1. The molecule has 0 saturated carbocycles. The largest absolute Gasteiger partial charge is 0.387 e. The fourth-order valence-corrected chi connectivity index (χ4v) is 2.91. The van der Waals surface area contributed by atoms with Crippen LogP contribution in [-0.2, 0) is 5.41 Å². The monoisotopic (exact) mass is 334 g/mol. The summed E-state index contributed by atoms with van der Waals surface area (Å²) in [5, 5.41) is 18.3. The Morgan fingerprint density at radius 1 is 1.30 bits per heavy atom. The maximum absolute atomic E-state index is 12.9. The molecule has 0 aliphatic rings. The maximum atomic E-state index is 12.9. The Bertz CT molecular complexity index is 772. The van der Waals surface area contributed by atoms with Crippen molar-refractivity contribution in [1.82, 2.24) is 14.6 Å². The molecule has 2 heterocycles. The number of halogens is 1.